The third-order valence-corrected chi connectivity index (χ3v) is 5.24. The first-order chi connectivity index (χ1) is 10.8. The normalized spacial score (nSPS) is 18.5. The molecule has 0 radical (unpaired) electrons. The van der Waals surface area contributed by atoms with E-state index in [1.54, 1.807) is 0 Å². The van der Waals surface area contributed by atoms with Crippen LogP contribution >= 0.6 is 11.8 Å². The first-order valence-corrected chi connectivity index (χ1v) is 9.38. The van der Waals surface area contributed by atoms with Crippen LogP contribution in [0.4, 0.5) is 0 Å². The molecule has 1 aliphatic rings. The summed E-state index contributed by atoms with van der Waals surface area (Å²) in [5.41, 5.74) is 2.70. The molecule has 1 aliphatic heterocycles. The van der Waals surface area contributed by atoms with Crippen molar-refractivity contribution in [3.63, 3.8) is 0 Å². The van der Waals surface area contributed by atoms with Gasteiger partial charge in [0.05, 0.1) is 6.54 Å². The molecule has 3 rings (SSSR count). The number of aromatic amines is 1. The van der Waals surface area contributed by atoms with E-state index in [4.69, 9.17) is 0 Å². The number of thioether (sulfide) groups is 1. The maximum Gasteiger partial charge on any atom is 0.0604 e. The molecule has 0 saturated carbocycles. The molecule has 1 aromatic carbocycles. The van der Waals surface area contributed by atoms with Crippen LogP contribution in [-0.2, 0) is 6.42 Å². The van der Waals surface area contributed by atoms with Crippen molar-refractivity contribution in [2.75, 3.05) is 19.3 Å². The van der Waals surface area contributed by atoms with Gasteiger partial charge in [0.2, 0.25) is 0 Å². The second-order valence-corrected chi connectivity index (χ2v) is 6.78. The fourth-order valence-corrected chi connectivity index (χ4v) is 3.76. The smallest absolute Gasteiger partial charge is 0.0604 e. The van der Waals surface area contributed by atoms with E-state index in [1.807, 2.05) is 11.8 Å². The Bertz CT molecular complexity index is 692. The SMILES string of the molecule is CCC#CCN1CCCC1Cc1c[nH]c2ccc(SC)cc12. The van der Waals surface area contributed by atoms with Gasteiger partial charge in [-0.1, -0.05) is 12.8 Å². The molecular formula is C19H24N2S. The lowest BCUT2D eigenvalue weighted by Gasteiger charge is -2.21. The minimum absolute atomic E-state index is 0.642. The summed E-state index contributed by atoms with van der Waals surface area (Å²) >= 11 is 1.81. The van der Waals surface area contributed by atoms with Crippen LogP contribution < -0.4 is 0 Å². The van der Waals surface area contributed by atoms with Crippen molar-refractivity contribution in [2.24, 2.45) is 0 Å². The number of hydrogen-bond donors (Lipinski definition) is 1. The highest BCUT2D eigenvalue weighted by Crippen LogP contribution is 2.28. The Balaban J connectivity index is 1.77. The third-order valence-electron chi connectivity index (χ3n) is 4.51. The Morgan fingerprint density at radius 2 is 2.27 bits per heavy atom. The quantitative estimate of drug-likeness (QED) is 0.670. The minimum Gasteiger partial charge on any atom is -0.361 e. The molecule has 2 nitrogen and oxygen atoms in total. The Hall–Kier alpha value is -1.37. The van der Waals surface area contributed by atoms with Crippen LogP contribution in [0.3, 0.4) is 0 Å². The molecule has 2 aromatic rings. The minimum atomic E-state index is 0.642. The second kappa shape index (κ2) is 7.26. The molecule has 0 spiro atoms. The summed E-state index contributed by atoms with van der Waals surface area (Å²) in [6.07, 6.45) is 9.02. The van der Waals surface area contributed by atoms with Gasteiger partial charge < -0.3 is 4.98 Å². The molecule has 0 aliphatic carbocycles. The van der Waals surface area contributed by atoms with Gasteiger partial charge in [0.25, 0.3) is 0 Å². The number of aromatic nitrogens is 1. The molecule has 22 heavy (non-hydrogen) atoms. The van der Waals surface area contributed by atoms with Crippen LogP contribution in [0.15, 0.2) is 29.3 Å². The first-order valence-electron chi connectivity index (χ1n) is 8.15. The van der Waals surface area contributed by atoms with Crippen LogP contribution in [0.25, 0.3) is 10.9 Å². The van der Waals surface area contributed by atoms with Crippen molar-refractivity contribution >= 4 is 22.7 Å². The van der Waals surface area contributed by atoms with Crippen molar-refractivity contribution in [3.05, 3.63) is 30.0 Å². The van der Waals surface area contributed by atoms with E-state index in [0.29, 0.717) is 6.04 Å². The van der Waals surface area contributed by atoms with Crippen LogP contribution in [0.2, 0.25) is 0 Å². The third kappa shape index (κ3) is 3.34. The van der Waals surface area contributed by atoms with E-state index in [2.05, 4.69) is 59.3 Å². The van der Waals surface area contributed by atoms with Gasteiger partial charge in [-0.2, -0.15) is 0 Å². The summed E-state index contributed by atoms with van der Waals surface area (Å²) in [6, 6.07) is 7.35. The Labute approximate surface area is 137 Å². The highest BCUT2D eigenvalue weighted by Gasteiger charge is 2.24. The predicted octanol–water partition coefficient (Wildman–Crippen LogP) is 4.31. The van der Waals surface area contributed by atoms with Crippen molar-refractivity contribution < 1.29 is 0 Å². The average molecular weight is 312 g/mol. The van der Waals surface area contributed by atoms with E-state index >= 15 is 0 Å². The molecule has 1 fully saturated rings. The van der Waals surface area contributed by atoms with Crippen molar-refractivity contribution in [2.45, 2.75) is 43.5 Å². The number of rotatable bonds is 4. The van der Waals surface area contributed by atoms with Crippen molar-refractivity contribution in [1.82, 2.24) is 9.88 Å². The summed E-state index contributed by atoms with van der Waals surface area (Å²) < 4.78 is 0. The number of nitrogens with one attached hydrogen (secondary N) is 1. The molecule has 116 valence electrons. The second-order valence-electron chi connectivity index (χ2n) is 5.90. The summed E-state index contributed by atoms with van der Waals surface area (Å²) in [5.74, 6) is 6.51. The Morgan fingerprint density at radius 3 is 3.09 bits per heavy atom. The van der Waals surface area contributed by atoms with E-state index < -0.39 is 0 Å². The number of fused-ring (bicyclic) bond motifs is 1. The van der Waals surface area contributed by atoms with Gasteiger partial charge in [-0.05, 0) is 55.8 Å². The predicted molar refractivity (Wildman–Crippen MR) is 96.4 cm³/mol. The van der Waals surface area contributed by atoms with Gasteiger partial charge in [0.15, 0.2) is 0 Å². The topological polar surface area (TPSA) is 19.0 Å². The monoisotopic (exact) mass is 312 g/mol. The average Bonchev–Trinajstić information content (AvgIpc) is 3.15. The van der Waals surface area contributed by atoms with Crippen LogP contribution in [0, 0.1) is 11.8 Å². The number of likely N-dealkylation sites (tertiary alicyclic amines) is 1. The molecular weight excluding hydrogens is 288 g/mol. The van der Waals surface area contributed by atoms with Gasteiger partial charge in [-0.3, -0.25) is 4.90 Å². The molecule has 1 N–H and O–H groups in total. The number of benzene rings is 1. The zero-order valence-electron chi connectivity index (χ0n) is 13.5. The molecule has 1 aromatic heterocycles. The molecule has 2 heterocycles. The van der Waals surface area contributed by atoms with Gasteiger partial charge in [0.1, 0.15) is 0 Å². The maximum atomic E-state index is 3.42. The van der Waals surface area contributed by atoms with Gasteiger partial charge in [-0.25, -0.2) is 0 Å². The molecule has 3 heteroatoms. The molecule has 1 unspecified atom stereocenters. The lowest BCUT2D eigenvalue weighted by Crippen LogP contribution is -2.31. The van der Waals surface area contributed by atoms with E-state index in [9.17, 15) is 0 Å². The molecule has 0 amide bonds. The van der Waals surface area contributed by atoms with Crippen LogP contribution in [0.5, 0.6) is 0 Å². The van der Waals surface area contributed by atoms with Gasteiger partial charge >= 0.3 is 0 Å². The highest BCUT2D eigenvalue weighted by molar-refractivity contribution is 7.98. The summed E-state index contributed by atoms with van der Waals surface area (Å²) in [4.78, 5) is 7.32. The fourth-order valence-electron chi connectivity index (χ4n) is 3.32. The number of nitrogens with zero attached hydrogens (tertiary/aromatic N) is 1. The zero-order chi connectivity index (χ0) is 15.4. The number of H-pyrrole nitrogens is 1. The summed E-state index contributed by atoms with van der Waals surface area (Å²) in [6.45, 7) is 4.24. The molecule has 1 saturated heterocycles. The van der Waals surface area contributed by atoms with Crippen molar-refractivity contribution in [1.29, 1.82) is 0 Å². The highest BCUT2D eigenvalue weighted by atomic mass is 32.2. The van der Waals surface area contributed by atoms with E-state index in [1.165, 1.54) is 40.7 Å². The van der Waals surface area contributed by atoms with E-state index in [-0.39, 0.29) is 0 Å². The molecule has 0 bridgehead atoms. The van der Waals surface area contributed by atoms with E-state index in [0.717, 1.165) is 19.4 Å². The molecule has 1 atom stereocenters. The summed E-state index contributed by atoms with van der Waals surface area (Å²) in [7, 11) is 0. The lowest BCUT2D eigenvalue weighted by molar-refractivity contribution is 0.284. The zero-order valence-corrected chi connectivity index (χ0v) is 14.3. The van der Waals surface area contributed by atoms with Crippen LogP contribution in [0.1, 0.15) is 31.7 Å². The first kappa shape index (κ1) is 15.5. The van der Waals surface area contributed by atoms with Crippen LogP contribution in [-0.4, -0.2) is 35.3 Å². The van der Waals surface area contributed by atoms with Crippen molar-refractivity contribution in [3.8, 4) is 11.8 Å². The largest absolute Gasteiger partial charge is 0.361 e. The summed E-state index contributed by atoms with van der Waals surface area (Å²) in [5, 5.41) is 1.39. The van der Waals surface area contributed by atoms with Gasteiger partial charge in [-0.15, -0.1) is 17.7 Å². The standard InChI is InChI=1S/C19H24N2S/c1-3-4-5-10-21-11-6-7-16(21)12-15-14-20-19-9-8-17(22-2)13-18(15)19/h8-9,13-14,16,20H,3,6-7,10-12H2,1-2H3. The fraction of sp³-hybridized carbons (Fsp3) is 0.474. The maximum absolute atomic E-state index is 3.42. The number of hydrogen-bond acceptors (Lipinski definition) is 2. The Kier molecular flexibility index (Phi) is 5.12. The lowest BCUT2D eigenvalue weighted by atomic mass is 10.0. The van der Waals surface area contributed by atoms with Gasteiger partial charge in [0, 0.05) is 34.5 Å². The Morgan fingerprint density at radius 1 is 1.36 bits per heavy atom.